The summed E-state index contributed by atoms with van der Waals surface area (Å²) in [5, 5.41) is 3.48. The van der Waals surface area contributed by atoms with Gasteiger partial charge >= 0.3 is 0 Å². The number of rotatable bonds is 8. The summed E-state index contributed by atoms with van der Waals surface area (Å²) < 4.78 is 10.5. The fraction of sp³-hybridized carbons (Fsp3) is 0.667. The van der Waals surface area contributed by atoms with Crippen molar-refractivity contribution in [2.75, 3.05) is 20.3 Å². The number of nitrogens with one attached hydrogen (secondary N) is 1. The molecule has 4 heteroatoms. The zero-order valence-corrected chi connectivity index (χ0v) is 10.1. The van der Waals surface area contributed by atoms with Gasteiger partial charge in [-0.15, -0.1) is 0 Å². The van der Waals surface area contributed by atoms with E-state index >= 15 is 0 Å². The molecule has 0 fully saturated rings. The quantitative estimate of drug-likeness (QED) is 0.708. The molecule has 0 amide bonds. The monoisotopic (exact) mass is 226 g/mol. The Morgan fingerprint density at radius 2 is 2.38 bits per heavy atom. The van der Waals surface area contributed by atoms with Crippen LogP contribution < -0.4 is 11.1 Å². The van der Waals surface area contributed by atoms with Gasteiger partial charge in [-0.05, 0) is 38.4 Å². The maximum atomic E-state index is 5.51. The van der Waals surface area contributed by atoms with Crippen LogP contribution >= 0.6 is 0 Å². The van der Waals surface area contributed by atoms with Crippen LogP contribution in [0.3, 0.4) is 0 Å². The molecule has 0 saturated carbocycles. The van der Waals surface area contributed by atoms with Crippen LogP contribution in [0.2, 0.25) is 0 Å². The summed E-state index contributed by atoms with van der Waals surface area (Å²) in [5.74, 6) is 0.953. The van der Waals surface area contributed by atoms with E-state index in [1.54, 1.807) is 13.4 Å². The van der Waals surface area contributed by atoms with Gasteiger partial charge in [-0.25, -0.2) is 0 Å². The van der Waals surface area contributed by atoms with Gasteiger partial charge < -0.3 is 20.2 Å². The van der Waals surface area contributed by atoms with E-state index in [9.17, 15) is 0 Å². The van der Waals surface area contributed by atoms with Gasteiger partial charge in [0.05, 0.1) is 18.9 Å². The van der Waals surface area contributed by atoms with Crippen molar-refractivity contribution in [3.8, 4) is 0 Å². The molecule has 0 bridgehead atoms. The minimum absolute atomic E-state index is 0.202. The lowest BCUT2D eigenvalue weighted by Gasteiger charge is -2.21. The van der Waals surface area contributed by atoms with E-state index in [1.807, 2.05) is 12.1 Å². The van der Waals surface area contributed by atoms with Gasteiger partial charge in [0.15, 0.2) is 0 Å². The van der Waals surface area contributed by atoms with Crippen molar-refractivity contribution in [3.63, 3.8) is 0 Å². The third-order valence-electron chi connectivity index (χ3n) is 2.58. The molecule has 1 heterocycles. The van der Waals surface area contributed by atoms with Gasteiger partial charge in [0.2, 0.25) is 0 Å². The van der Waals surface area contributed by atoms with Crippen molar-refractivity contribution >= 4 is 0 Å². The molecular weight excluding hydrogens is 204 g/mol. The summed E-state index contributed by atoms with van der Waals surface area (Å²) in [6.45, 7) is 3.51. The van der Waals surface area contributed by atoms with Crippen LogP contribution in [0, 0.1) is 0 Å². The average Bonchev–Trinajstić information content (AvgIpc) is 2.79. The first-order chi connectivity index (χ1) is 7.77. The molecule has 0 aliphatic rings. The predicted molar refractivity (Wildman–Crippen MR) is 64.2 cm³/mol. The van der Waals surface area contributed by atoms with Crippen molar-refractivity contribution in [1.29, 1.82) is 0 Å². The fourth-order valence-electron chi connectivity index (χ4n) is 1.75. The number of methoxy groups -OCH3 is 1. The molecule has 0 aliphatic heterocycles. The SMILES string of the molecule is COCC(CCCN)N[C@@H](C)c1ccco1. The van der Waals surface area contributed by atoms with E-state index in [0.717, 1.165) is 25.1 Å². The van der Waals surface area contributed by atoms with E-state index in [1.165, 1.54) is 0 Å². The number of nitrogens with two attached hydrogens (primary N) is 1. The van der Waals surface area contributed by atoms with Crippen molar-refractivity contribution in [3.05, 3.63) is 24.2 Å². The van der Waals surface area contributed by atoms with E-state index in [0.29, 0.717) is 12.6 Å². The van der Waals surface area contributed by atoms with Crippen LogP contribution in [0.25, 0.3) is 0 Å². The van der Waals surface area contributed by atoms with Gasteiger partial charge in [-0.2, -0.15) is 0 Å². The highest BCUT2D eigenvalue weighted by Gasteiger charge is 2.14. The zero-order valence-electron chi connectivity index (χ0n) is 10.1. The predicted octanol–water partition coefficient (Wildman–Crippen LogP) is 1.68. The number of ether oxygens (including phenoxy) is 1. The van der Waals surface area contributed by atoms with Crippen LogP contribution in [0.4, 0.5) is 0 Å². The molecule has 0 saturated heterocycles. The Hall–Kier alpha value is -0.840. The topological polar surface area (TPSA) is 60.4 Å². The maximum absolute atomic E-state index is 5.51. The van der Waals surface area contributed by atoms with E-state index in [2.05, 4.69) is 12.2 Å². The Labute approximate surface area is 97.1 Å². The third-order valence-corrected chi connectivity index (χ3v) is 2.58. The van der Waals surface area contributed by atoms with Crippen molar-refractivity contribution in [2.24, 2.45) is 5.73 Å². The van der Waals surface area contributed by atoms with Crippen molar-refractivity contribution in [2.45, 2.75) is 31.8 Å². The second kappa shape index (κ2) is 7.44. The second-order valence-electron chi connectivity index (χ2n) is 3.99. The van der Waals surface area contributed by atoms with Gasteiger partial charge in [-0.1, -0.05) is 0 Å². The lowest BCUT2D eigenvalue weighted by molar-refractivity contribution is 0.154. The summed E-state index contributed by atoms with van der Waals surface area (Å²) in [7, 11) is 1.72. The molecule has 92 valence electrons. The summed E-state index contributed by atoms with van der Waals surface area (Å²) >= 11 is 0. The normalized spacial score (nSPS) is 14.9. The van der Waals surface area contributed by atoms with E-state index in [4.69, 9.17) is 14.9 Å². The highest BCUT2D eigenvalue weighted by Crippen LogP contribution is 2.14. The number of hydrogen-bond donors (Lipinski definition) is 2. The molecule has 1 unspecified atom stereocenters. The van der Waals surface area contributed by atoms with Crippen molar-refractivity contribution in [1.82, 2.24) is 5.32 Å². The third kappa shape index (κ3) is 4.35. The molecule has 0 aromatic carbocycles. The van der Waals surface area contributed by atoms with Crippen LogP contribution in [-0.2, 0) is 4.74 Å². The van der Waals surface area contributed by atoms with Crippen LogP contribution in [-0.4, -0.2) is 26.3 Å². The Bertz CT molecular complexity index is 262. The molecule has 0 radical (unpaired) electrons. The Morgan fingerprint density at radius 3 is 2.94 bits per heavy atom. The smallest absolute Gasteiger partial charge is 0.120 e. The summed E-state index contributed by atoms with van der Waals surface area (Å²) in [4.78, 5) is 0. The van der Waals surface area contributed by atoms with Crippen LogP contribution in [0.15, 0.2) is 22.8 Å². The standard InChI is InChI=1S/C12H22N2O2/c1-10(12-6-4-8-16-12)14-11(9-15-2)5-3-7-13/h4,6,8,10-11,14H,3,5,7,9,13H2,1-2H3/t10-,11?/m0/s1. The molecule has 4 nitrogen and oxygen atoms in total. The number of furan rings is 1. The van der Waals surface area contributed by atoms with Gasteiger partial charge in [0, 0.05) is 13.2 Å². The molecule has 1 aromatic heterocycles. The molecular formula is C12H22N2O2. The van der Waals surface area contributed by atoms with Crippen LogP contribution in [0.5, 0.6) is 0 Å². The highest BCUT2D eigenvalue weighted by atomic mass is 16.5. The van der Waals surface area contributed by atoms with E-state index in [-0.39, 0.29) is 6.04 Å². The maximum Gasteiger partial charge on any atom is 0.120 e. The Morgan fingerprint density at radius 1 is 1.56 bits per heavy atom. The molecule has 0 aliphatic carbocycles. The van der Waals surface area contributed by atoms with E-state index < -0.39 is 0 Å². The summed E-state index contributed by atoms with van der Waals surface area (Å²) in [5.41, 5.74) is 5.51. The Kier molecular flexibility index (Phi) is 6.15. The summed E-state index contributed by atoms with van der Waals surface area (Å²) in [6, 6.07) is 4.41. The van der Waals surface area contributed by atoms with Gasteiger partial charge in [0.1, 0.15) is 5.76 Å². The first kappa shape index (κ1) is 13.2. The lowest BCUT2D eigenvalue weighted by Crippen LogP contribution is -2.35. The average molecular weight is 226 g/mol. The molecule has 2 atom stereocenters. The minimum atomic E-state index is 0.202. The number of hydrogen-bond acceptors (Lipinski definition) is 4. The summed E-state index contributed by atoms with van der Waals surface area (Å²) in [6.07, 6.45) is 3.72. The van der Waals surface area contributed by atoms with Gasteiger partial charge in [-0.3, -0.25) is 0 Å². The molecule has 3 N–H and O–H groups in total. The fourth-order valence-corrected chi connectivity index (χ4v) is 1.75. The Balaban J connectivity index is 2.40. The van der Waals surface area contributed by atoms with Crippen LogP contribution in [0.1, 0.15) is 31.6 Å². The molecule has 16 heavy (non-hydrogen) atoms. The highest BCUT2D eigenvalue weighted by molar-refractivity contribution is 5.03. The molecule has 1 aromatic rings. The van der Waals surface area contributed by atoms with Crippen molar-refractivity contribution < 1.29 is 9.15 Å². The lowest BCUT2D eigenvalue weighted by atomic mass is 10.1. The largest absolute Gasteiger partial charge is 0.468 e. The molecule has 0 spiro atoms. The second-order valence-corrected chi connectivity index (χ2v) is 3.99. The minimum Gasteiger partial charge on any atom is -0.468 e. The first-order valence-electron chi connectivity index (χ1n) is 5.76. The zero-order chi connectivity index (χ0) is 11.8. The van der Waals surface area contributed by atoms with Gasteiger partial charge in [0.25, 0.3) is 0 Å². The first-order valence-corrected chi connectivity index (χ1v) is 5.76. The molecule has 1 rings (SSSR count).